The highest BCUT2D eigenvalue weighted by molar-refractivity contribution is 5.93. The van der Waals surface area contributed by atoms with Gasteiger partial charge in [0.15, 0.2) is 0 Å². The van der Waals surface area contributed by atoms with E-state index in [1.54, 1.807) is 23.9 Å². The molecule has 0 unspecified atom stereocenters. The van der Waals surface area contributed by atoms with Crippen LogP contribution in [0.15, 0.2) is 24.3 Å². The van der Waals surface area contributed by atoms with E-state index in [4.69, 9.17) is 0 Å². The SMILES string of the molecule is CC(=O)N(C)c1ccc(N(C)C(=O)NC2CC2)cc1. The van der Waals surface area contributed by atoms with Crippen LogP contribution in [0.5, 0.6) is 0 Å². The Balaban J connectivity index is 2.04. The highest BCUT2D eigenvalue weighted by Crippen LogP contribution is 2.22. The average molecular weight is 261 g/mol. The Morgan fingerprint density at radius 1 is 1.05 bits per heavy atom. The minimum Gasteiger partial charge on any atom is -0.335 e. The molecule has 0 saturated heterocycles. The van der Waals surface area contributed by atoms with Crippen molar-refractivity contribution in [3.8, 4) is 0 Å². The molecule has 0 heterocycles. The number of nitrogens with one attached hydrogen (secondary N) is 1. The number of hydrogen-bond acceptors (Lipinski definition) is 2. The van der Waals surface area contributed by atoms with Crippen molar-refractivity contribution >= 4 is 23.3 Å². The van der Waals surface area contributed by atoms with E-state index in [2.05, 4.69) is 5.32 Å². The molecule has 1 aromatic carbocycles. The molecular formula is C14H19N3O2. The van der Waals surface area contributed by atoms with Gasteiger partial charge in [-0.3, -0.25) is 9.69 Å². The van der Waals surface area contributed by atoms with Crippen molar-refractivity contribution in [3.05, 3.63) is 24.3 Å². The van der Waals surface area contributed by atoms with Crippen LogP contribution < -0.4 is 15.1 Å². The van der Waals surface area contributed by atoms with E-state index in [0.717, 1.165) is 24.2 Å². The van der Waals surface area contributed by atoms with Crippen LogP contribution in [0.25, 0.3) is 0 Å². The van der Waals surface area contributed by atoms with Gasteiger partial charge in [0.2, 0.25) is 5.91 Å². The second-order valence-corrected chi connectivity index (χ2v) is 4.88. The van der Waals surface area contributed by atoms with Gasteiger partial charge in [-0.1, -0.05) is 0 Å². The molecule has 5 nitrogen and oxygen atoms in total. The highest BCUT2D eigenvalue weighted by atomic mass is 16.2. The van der Waals surface area contributed by atoms with Crippen LogP contribution in [-0.2, 0) is 4.79 Å². The summed E-state index contributed by atoms with van der Waals surface area (Å²) in [5, 5.41) is 2.93. The maximum Gasteiger partial charge on any atom is 0.321 e. The van der Waals surface area contributed by atoms with Crippen LogP contribution in [0, 0.1) is 0 Å². The Morgan fingerprint density at radius 3 is 1.95 bits per heavy atom. The molecule has 0 radical (unpaired) electrons. The van der Waals surface area contributed by atoms with Gasteiger partial charge in [0, 0.05) is 38.4 Å². The summed E-state index contributed by atoms with van der Waals surface area (Å²) in [7, 11) is 3.46. The smallest absolute Gasteiger partial charge is 0.321 e. The molecule has 102 valence electrons. The monoisotopic (exact) mass is 261 g/mol. The van der Waals surface area contributed by atoms with Gasteiger partial charge in [-0.2, -0.15) is 0 Å². The molecule has 1 N–H and O–H groups in total. The molecule has 1 aliphatic rings. The van der Waals surface area contributed by atoms with Gasteiger partial charge in [0.1, 0.15) is 0 Å². The number of rotatable bonds is 3. The summed E-state index contributed by atoms with van der Waals surface area (Å²) in [4.78, 5) is 26.3. The van der Waals surface area contributed by atoms with Gasteiger partial charge in [-0.15, -0.1) is 0 Å². The van der Waals surface area contributed by atoms with Crippen molar-refractivity contribution in [1.82, 2.24) is 5.32 Å². The third-order valence-electron chi connectivity index (χ3n) is 3.31. The summed E-state index contributed by atoms with van der Waals surface area (Å²) in [5.74, 6) is -0.0208. The van der Waals surface area contributed by atoms with Crippen LogP contribution in [0.2, 0.25) is 0 Å². The number of urea groups is 1. The van der Waals surface area contributed by atoms with Crippen LogP contribution >= 0.6 is 0 Å². The Morgan fingerprint density at radius 2 is 1.53 bits per heavy atom. The van der Waals surface area contributed by atoms with Crippen molar-refractivity contribution in [1.29, 1.82) is 0 Å². The summed E-state index contributed by atoms with van der Waals surface area (Å²) in [6.45, 7) is 1.52. The van der Waals surface area contributed by atoms with E-state index >= 15 is 0 Å². The van der Waals surface area contributed by atoms with Crippen molar-refractivity contribution in [2.75, 3.05) is 23.9 Å². The number of benzene rings is 1. The standard InChI is InChI=1S/C14H19N3O2/c1-10(18)16(2)12-6-8-13(9-7-12)17(3)14(19)15-11-4-5-11/h6-9,11H,4-5H2,1-3H3,(H,15,19). The number of nitrogens with zero attached hydrogens (tertiary/aromatic N) is 2. The molecule has 1 saturated carbocycles. The molecule has 5 heteroatoms. The lowest BCUT2D eigenvalue weighted by molar-refractivity contribution is -0.116. The molecule has 1 fully saturated rings. The predicted molar refractivity (Wildman–Crippen MR) is 75.5 cm³/mol. The van der Waals surface area contributed by atoms with Crippen LogP contribution in [0.4, 0.5) is 16.2 Å². The molecule has 2 rings (SSSR count). The fourth-order valence-corrected chi connectivity index (χ4v) is 1.70. The number of amides is 3. The van der Waals surface area contributed by atoms with Crippen LogP contribution in [0.1, 0.15) is 19.8 Å². The molecule has 0 atom stereocenters. The lowest BCUT2D eigenvalue weighted by atomic mass is 10.2. The first kappa shape index (κ1) is 13.4. The Labute approximate surface area is 113 Å². The summed E-state index contributed by atoms with van der Waals surface area (Å²) in [6, 6.07) is 7.59. The largest absolute Gasteiger partial charge is 0.335 e. The lowest BCUT2D eigenvalue weighted by Crippen LogP contribution is -2.38. The summed E-state index contributed by atoms with van der Waals surface area (Å²) >= 11 is 0. The van der Waals surface area contributed by atoms with Crippen molar-refractivity contribution in [2.24, 2.45) is 0 Å². The van der Waals surface area contributed by atoms with E-state index in [0.29, 0.717) is 6.04 Å². The van der Waals surface area contributed by atoms with Gasteiger partial charge in [0.05, 0.1) is 0 Å². The van der Waals surface area contributed by atoms with Gasteiger partial charge >= 0.3 is 6.03 Å². The fourth-order valence-electron chi connectivity index (χ4n) is 1.70. The van der Waals surface area contributed by atoms with Crippen molar-refractivity contribution in [3.63, 3.8) is 0 Å². The second kappa shape index (κ2) is 5.30. The third-order valence-corrected chi connectivity index (χ3v) is 3.31. The minimum atomic E-state index is -0.0878. The van der Waals surface area contributed by atoms with Crippen LogP contribution in [-0.4, -0.2) is 32.1 Å². The number of carbonyl (C=O) groups is 2. The number of carbonyl (C=O) groups excluding carboxylic acids is 2. The second-order valence-electron chi connectivity index (χ2n) is 4.88. The maximum absolute atomic E-state index is 11.9. The molecule has 1 aromatic rings. The maximum atomic E-state index is 11.9. The molecule has 3 amide bonds. The zero-order chi connectivity index (χ0) is 14.0. The normalized spacial score (nSPS) is 13.8. The highest BCUT2D eigenvalue weighted by Gasteiger charge is 2.25. The summed E-state index contributed by atoms with van der Waals surface area (Å²) < 4.78 is 0. The van der Waals surface area contributed by atoms with E-state index in [9.17, 15) is 9.59 Å². The molecule has 1 aliphatic carbocycles. The van der Waals surface area contributed by atoms with Gasteiger partial charge in [-0.05, 0) is 37.1 Å². The summed E-state index contributed by atoms with van der Waals surface area (Å²) in [5.41, 5.74) is 1.62. The third kappa shape index (κ3) is 3.24. The summed E-state index contributed by atoms with van der Waals surface area (Å²) in [6.07, 6.45) is 2.14. The Kier molecular flexibility index (Phi) is 3.74. The van der Waals surface area contributed by atoms with Crippen molar-refractivity contribution in [2.45, 2.75) is 25.8 Å². The fraction of sp³-hybridized carbons (Fsp3) is 0.429. The Hall–Kier alpha value is -2.04. The lowest BCUT2D eigenvalue weighted by Gasteiger charge is -2.20. The molecule has 0 bridgehead atoms. The quantitative estimate of drug-likeness (QED) is 0.904. The van der Waals surface area contributed by atoms with Crippen LogP contribution in [0.3, 0.4) is 0 Å². The Bertz CT molecular complexity index is 480. The minimum absolute atomic E-state index is 0.0208. The topological polar surface area (TPSA) is 52.7 Å². The number of hydrogen-bond donors (Lipinski definition) is 1. The molecule has 0 aromatic heterocycles. The first-order valence-corrected chi connectivity index (χ1v) is 6.37. The van der Waals surface area contributed by atoms with Gasteiger partial charge < -0.3 is 10.2 Å². The van der Waals surface area contributed by atoms with E-state index < -0.39 is 0 Å². The zero-order valence-electron chi connectivity index (χ0n) is 11.5. The first-order valence-electron chi connectivity index (χ1n) is 6.37. The molecule has 0 spiro atoms. The molecule has 0 aliphatic heterocycles. The predicted octanol–water partition coefficient (Wildman–Crippen LogP) is 1.98. The average Bonchev–Trinajstić information content (AvgIpc) is 3.21. The van der Waals surface area contributed by atoms with E-state index in [1.807, 2.05) is 24.3 Å². The van der Waals surface area contributed by atoms with E-state index in [-0.39, 0.29) is 11.9 Å². The zero-order valence-corrected chi connectivity index (χ0v) is 11.5. The molecular weight excluding hydrogens is 242 g/mol. The van der Waals surface area contributed by atoms with E-state index in [1.165, 1.54) is 6.92 Å². The number of anilines is 2. The first-order chi connectivity index (χ1) is 8.99. The molecule has 19 heavy (non-hydrogen) atoms. The van der Waals surface area contributed by atoms with Gasteiger partial charge in [0.25, 0.3) is 0 Å². The van der Waals surface area contributed by atoms with Crippen molar-refractivity contribution < 1.29 is 9.59 Å². The van der Waals surface area contributed by atoms with Gasteiger partial charge in [-0.25, -0.2) is 4.79 Å².